The molecule has 59 heavy (non-hydrogen) atoms. The minimum atomic E-state index is -2.86. The van der Waals surface area contributed by atoms with Crippen LogP contribution in [0.4, 0.5) is 4.39 Å². The van der Waals surface area contributed by atoms with Gasteiger partial charge in [-0.2, -0.15) is 0 Å². The summed E-state index contributed by atoms with van der Waals surface area (Å²) < 4.78 is 44.8. The number of carbonyl (C=O) groups is 1. The molecule has 1 aromatic rings. The number of fused-ring (bicyclic) bond motifs is 7. The van der Waals surface area contributed by atoms with Crippen molar-refractivity contribution in [3.63, 3.8) is 0 Å². The lowest BCUT2D eigenvalue weighted by molar-refractivity contribution is -0.222. The van der Waals surface area contributed by atoms with Crippen LogP contribution in [0.5, 0.6) is 0 Å². The molecule has 1 heterocycles. The van der Waals surface area contributed by atoms with Crippen LogP contribution in [-0.2, 0) is 26.0 Å². The van der Waals surface area contributed by atoms with E-state index in [-0.39, 0.29) is 23.0 Å². The predicted octanol–water partition coefficient (Wildman–Crippen LogP) is 10.1. The van der Waals surface area contributed by atoms with Crippen molar-refractivity contribution in [2.45, 2.75) is 137 Å². The summed E-state index contributed by atoms with van der Waals surface area (Å²) in [5.41, 5.74) is 3.69. The molecule has 7 aliphatic carbocycles. The van der Waals surface area contributed by atoms with Crippen molar-refractivity contribution >= 4 is 15.8 Å². The van der Waals surface area contributed by atoms with E-state index in [0.29, 0.717) is 60.1 Å². The molecular formula is C51H75FN2O4S. The van der Waals surface area contributed by atoms with Crippen LogP contribution < -0.4 is 5.32 Å². The summed E-state index contributed by atoms with van der Waals surface area (Å²) in [6, 6.07) is 9.70. The monoisotopic (exact) mass is 831 g/mol. The Kier molecular flexibility index (Phi) is 10.8. The van der Waals surface area contributed by atoms with Crippen LogP contribution in [0.15, 0.2) is 53.6 Å². The second kappa shape index (κ2) is 15.1. The van der Waals surface area contributed by atoms with Gasteiger partial charge < -0.3 is 15.0 Å². The average Bonchev–Trinajstić information content (AvgIpc) is 3.82. The highest BCUT2D eigenvalue weighted by molar-refractivity contribution is 7.91. The van der Waals surface area contributed by atoms with E-state index in [0.717, 1.165) is 61.1 Å². The molecule has 0 spiro atoms. The van der Waals surface area contributed by atoms with Crippen LogP contribution in [-0.4, -0.2) is 69.2 Å². The van der Waals surface area contributed by atoms with Crippen LogP contribution in [0.2, 0.25) is 0 Å². The lowest BCUT2D eigenvalue weighted by atomic mass is 9.33. The van der Waals surface area contributed by atoms with Crippen molar-refractivity contribution in [1.29, 1.82) is 0 Å². The summed E-state index contributed by atoms with van der Waals surface area (Å²) >= 11 is 0. The number of carbonyl (C=O) groups excluding carboxylic acids is 1. The van der Waals surface area contributed by atoms with Crippen LogP contribution in [0.1, 0.15) is 131 Å². The van der Waals surface area contributed by atoms with E-state index in [1.165, 1.54) is 68.9 Å². The Hall–Kier alpha value is -2.03. The lowest BCUT2D eigenvalue weighted by Gasteiger charge is -2.72. The Bertz CT molecular complexity index is 1930. The van der Waals surface area contributed by atoms with Gasteiger partial charge in [-0.25, -0.2) is 12.8 Å². The second-order valence-electron chi connectivity index (χ2n) is 22.8. The van der Waals surface area contributed by atoms with Crippen molar-refractivity contribution in [3.8, 4) is 0 Å². The van der Waals surface area contributed by atoms with Crippen LogP contribution in [0.3, 0.4) is 0 Å². The highest BCUT2D eigenvalue weighted by Gasteiger charge is 2.71. The van der Waals surface area contributed by atoms with Crippen molar-refractivity contribution in [2.75, 3.05) is 44.4 Å². The molecular weight excluding hydrogens is 756 g/mol. The third-order valence-electron chi connectivity index (χ3n) is 20.0. The number of allylic oxidation sites excluding steroid dienone is 4. The number of hydrogen-bond donors (Lipinski definition) is 1. The van der Waals surface area contributed by atoms with Crippen LogP contribution in [0.25, 0.3) is 0 Å². The fourth-order valence-electron chi connectivity index (χ4n) is 16.3. The molecule has 8 heteroatoms. The topological polar surface area (TPSA) is 75.7 Å². The first-order chi connectivity index (χ1) is 28.0. The third kappa shape index (κ3) is 6.88. The maximum absolute atomic E-state index is 14.8. The van der Waals surface area contributed by atoms with Crippen molar-refractivity contribution in [2.24, 2.45) is 68.5 Å². The number of nitrogens with zero attached hydrogens (tertiary/aromatic N) is 1. The number of ether oxygens (including phenoxy) is 1. The summed E-state index contributed by atoms with van der Waals surface area (Å²) in [4.78, 5) is 15.8. The summed E-state index contributed by atoms with van der Waals surface area (Å²) in [7, 11) is -2.86. The Morgan fingerprint density at radius 2 is 1.61 bits per heavy atom. The molecule has 0 aromatic heterocycles. The summed E-state index contributed by atoms with van der Waals surface area (Å²) in [5.74, 6) is 5.56. The van der Waals surface area contributed by atoms with Gasteiger partial charge in [0.2, 0.25) is 0 Å². The first-order valence-corrected chi connectivity index (χ1v) is 25.7. The van der Waals surface area contributed by atoms with Crippen molar-refractivity contribution in [1.82, 2.24) is 10.2 Å². The average molecular weight is 831 g/mol. The fourth-order valence-corrected chi connectivity index (χ4v) is 17.6. The zero-order chi connectivity index (χ0) is 41.6. The maximum Gasteiger partial charge on any atom is 0.315 e. The van der Waals surface area contributed by atoms with Gasteiger partial charge in [-0.15, -0.1) is 0 Å². The van der Waals surface area contributed by atoms with E-state index in [1.54, 1.807) is 0 Å². The molecule has 0 amide bonds. The number of rotatable bonds is 10. The number of alkyl halides is 1. The number of halogens is 1. The van der Waals surface area contributed by atoms with E-state index < -0.39 is 27.9 Å². The summed E-state index contributed by atoms with van der Waals surface area (Å²) in [5, 5.41) is 4.30. The SMILES string of the molecule is CC1CC1C1CCC2(NCCN3CCS(=O)(=O)CC3)CCC3(C)C(CCC4C5(C)CC=C(C6=CCC(CF)(C(=O)OCc7ccccc7)CC6)C(C)(C)C5CCC43C)C12. The molecule has 12 unspecified atom stereocenters. The molecule has 12 atom stereocenters. The van der Waals surface area contributed by atoms with Gasteiger partial charge in [0.15, 0.2) is 9.84 Å². The van der Waals surface area contributed by atoms with Gasteiger partial charge in [0.05, 0.1) is 16.9 Å². The number of sulfone groups is 1. The molecule has 6 nitrogen and oxygen atoms in total. The van der Waals surface area contributed by atoms with E-state index in [4.69, 9.17) is 4.74 Å². The van der Waals surface area contributed by atoms with E-state index in [2.05, 4.69) is 63.9 Å². The Morgan fingerprint density at radius 1 is 0.864 bits per heavy atom. The van der Waals surface area contributed by atoms with E-state index >= 15 is 0 Å². The van der Waals surface area contributed by atoms with E-state index in [9.17, 15) is 17.6 Å². The van der Waals surface area contributed by atoms with Gasteiger partial charge in [-0.3, -0.25) is 4.79 Å². The molecule has 1 aliphatic heterocycles. The molecule has 1 N–H and O–H groups in total. The third-order valence-corrected chi connectivity index (χ3v) is 21.6. The van der Waals surface area contributed by atoms with Gasteiger partial charge in [0, 0.05) is 31.7 Å². The second-order valence-corrected chi connectivity index (χ2v) is 25.1. The molecule has 0 radical (unpaired) electrons. The highest BCUT2D eigenvalue weighted by Crippen LogP contribution is 2.77. The molecule has 8 aliphatic rings. The smallest absolute Gasteiger partial charge is 0.315 e. The summed E-state index contributed by atoms with van der Waals surface area (Å²) in [6.45, 7) is 18.5. The van der Waals surface area contributed by atoms with E-state index in [1.807, 2.05) is 30.3 Å². The van der Waals surface area contributed by atoms with Crippen molar-refractivity contribution in [3.05, 3.63) is 59.2 Å². The molecule has 9 rings (SSSR count). The molecule has 326 valence electrons. The lowest BCUT2D eigenvalue weighted by Crippen LogP contribution is -2.68. The zero-order valence-electron chi connectivity index (χ0n) is 37.3. The Labute approximate surface area is 356 Å². The number of hydrogen-bond acceptors (Lipinski definition) is 6. The highest BCUT2D eigenvalue weighted by atomic mass is 32.2. The number of esters is 1. The van der Waals surface area contributed by atoms with Gasteiger partial charge in [-0.1, -0.05) is 84.0 Å². The largest absolute Gasteiger partial charge is 0.460 e. The molecule has 5 saturated carbocycles. The first kappa shape index (κ1) is 42.3. The minimum absolute atomic E-state index is 0.00426. The zero-order valence-corrected chi connectivity index (χ0v) is 38.1. The molecule has 6 fully saturated rings. The summed E-state index contributed by atoms with van der Waals surface area (Å²) in [6.07, 6.45) is 19.5. The minimum Gasteiger partial charge on any atom is -0.460 e. The first-order valence-electron chi connectivity index (χ1n) is 23.9. The van der Waals surface area contributed by atoms with Gasteiger partial charge >= 0.3 is 5.97 Å². The van der Waals surface area contributed by atoms with Gasteiger partial charge in [-0.05, 0) is 163 Å². The van der Waals surface area contributed by atoms with Gasteiger partial charge in [0.25, 0.3) is 0 Å². The van der Waals surface area contributed by atoms with Crippen molar-refractivity contribution < 1.29 is 22.3 Å². The number of nitrogens with one attached hydrogen (secondary N) is 1. The van der Waals surface area contributed by atoms with Gasteiger partial charge in [0.1, 0.15) is 13.3 Å². The number of benzene rings is 1. The molecule has 1 aromatic carbocycles. The maximum atomic E-state index is 14.8. The normalized spacial score (nSPS) is 44.8. The molecule has 1 saturated heterocycles. The quantitative estimate of drug-likeness (QED) is 0.237. The predicted molar refractivity (Wildman–Crippen MR) is 235 cm³/mol. The fraction of sp³-hybridized carbons (Fsp3) is 0.784. The Balaban J connectivity index is 0.927. The van der Waals surface area contributed by atoms with Crippen LogP contribution >= 0.6 is 0 Å². The van der Waals surface area contributed by atoms with Crippen LogP contribution in [0, 0.1) is 68.5 Å². The molecule has 0 bridgehead atoms. The Morgan fingerprint density at radius 3 is 2.29 bits per heavy atom. The standard InChI is InChI=1S/C51H75FN2O4S/c1-35-32-39(35)38-16-23-51(53-26-27-54-28-30-59(56,57)31-29-54)25-24-48(5)41(44(38)51)12-13-43-47(4)19-17-40(46(2,3)42(47)18-20-49(43,48)6)37-14-21-50(34-52,22-15-37)45(55)58-33-36-10-8-7-9-11-36/h7-11,14,17,35,38-39,41-44,53H,12-13,15-16,18-34H2,1-6H3.